The highest BCUT2D eigenvalue weighted by Crippen LogP contribution is 2.26. The van der Waals surface area contributed by atoms with Crippen molar-refractivity contribution >= 4 is 5.91 Å². The van der Waals surface area contributed by atoms with Crippen LogP contribution in [-0.4, -0.2) is 43.2 Å². The van der Waals surface area contributed by atoms with E-state index >= 15 is 0 Å². The molecule has 128 valence electrons. The Kier molecular flexibility index (Phi) is 4.33. The Morgan fingerprint density at radius 3 is 2.72 bits per heavy atom. The molecule has 25 heavy (non-hydrogen) atoms. The van der Waals surface area contributed by atoms with Crippen molar-refractivity contribution in [1.82, 2.24) is 24.2 Å². The summed E-state index contributed by atoms with van der Waals surface area (Å²) in [5.41, 5.74) is 0.959. The normalized spacial score (nSPS) is 18.9. The van der Waals surface area contributed by atoms with Crippen molar-refractivity contribution in [3.05, 3.63) is 73.1 Å². The van der Waals surface area contributed by atoms with E-state index in [9.17, 15) is 4.79 Å². The minimum atomic E-state index is -0.419. The molecule has 2 aromatic heterocycles. The molecule has 0 aliphatic carbocycles. The molecule has 1 amide bonds. The van der Waals surface area contributed by atoms with Crippen LogP contribution in [0.3, 0.4) is 0 Å². The number of hydrogen-bond donors (Lipinski definition) is 0. The number of amides is 1. The summed E-state index contributed by atoms with van der Waals surface area (Å²) in [6.45, 7) is 1.49. The molecule has 0 radical (unpaired) electrons. The molecular weight excluding hydrogens is 314 g/mol. The molecule has 3 heterocycles. The standard InChI is InChI=1S/C19H21N5O/c25-19(22-11-4-8-17(14-22)23-13-10-20-15-23)18(24-12-5-9-21-24)16-6-2-1-3-7-16/h1-3,5-7,9-10,12-13,15,17-18H,4,8,11,14H2/t17-,18+/m0/s1. The van der Waals surface area contributed by atoms with Gasteiger partial charge in [-0.3, -0.25) is 9.48 Å². The lowest BCUT2D eigenvalue weighted by atomic mass is 10.0. The maximum Gasteiger partial charge on any atom is 0.252 e. The SMILES string of the molecule is O=C([C@@H](c1ccccc1)n1cccn1)N1CCC[C@H](n2ccnc2)C1. The van der Waals surface area contributed by atoms with Crippen molar-refractivity contribution in [2.24, 2.45) is 0 Å². The first-order valence-corrected chi connectivity index (χ1v) is 8.63. The zero-order chi connectivity index (χ0) is 17.1. The third-order valence-corrected chi connectivity index (χ3v) is 4.79. The predicted octanol–water partition coefficient (Wildman–Crippen LogP) is 2.53. The molecule has 2 atom stereocenters. The number of carbonyl (C=O) groups is 1. The molecule has 6 nitrogen and oxygen atoms in total. The largest absolute Gasteiger partial charge is 0.338 e. The molecule has 0 spiro atoms. The summed E-state index contributed by atoms with van der Waals surface area (Å²) in [6, 6.07) is 11.6. The number of imidazole rings is 1. The van der Waals surface area contributed by atoms with Gasteiger partial charge in [-0.15, -0.1) is 0 Å². The fourth-order valence-corrected chi connectivity index (χ4v) is 3.53. The third-order valence-electron chi connectivity index (χ3n) is 4.79. The van der Waals surface area contributed by atoms with Gasteiger partial charge in [-0.05, 0) is 24.5 Å². The van der Waals surface area contributed by atoms with Gasteiger partial charge in [-0.2, -0.15) is 5.10 Å². The molecule has 6 heteroatoms. The number of aromatic nitrogens is 4. The van der Waals surface area contributed by atoms with Gasteiger partial charge >= 0.3 is 0 Å². The number of carbonyl (C=O) groups excluding carboxylic acids is 1. The van der Waals surface area contributed by atoms with Crippen molar-refractivity contribution in [2.75, 3.05) is 13.1 Å². The average molecular weight is 335 g/mol. The second kappa shape index (κ2) is 6.93. The van der Waals surface area contributed by atoms with Crippen molar-refractivity contribution < 1.29 is 4.79 Å². The van der Waals surface area contributed by atoms with E-state index in [0.717, 1.165) is 24.9 Å². The van der Waals surface area contributed by atoms with Crippen LogP contribution in [0, 0.1) is 0 Å². The van der Waals surface area contributed by atoms with Crippen LogP contribution < -0.4 is 0 Å². The van der Waals surface area contributed by atoms with Crippen LogP contribution in [0.4, 0.5) is 0 Å². The summed E-state index contributed by atoms with van der Waals surface area (Å²) in [6.07, 6.45) is 11.2. The third kappa shape index (κ3) is 3.20. The van der Waals surface area contributed by atoms with Crippen molar-refractivity contribution in [1.29, 1.82) is 0 Å². The number of likely N-dealkylation sites (tertiary alicyclic amines) is 1. The molecule has 3 aromatic rings. The van der Waals surface area contributed by atoms with Gasteiger partial charge in [-0.1, -0.05) is 30.3 Å². The lowest BCUT2D eigenvalue weighted by Crippen LogP contribution is -2.44. The highest BCUT2D eigenvalue weighted by atomic mass is 16.2. The van der Waals surface area contributed by atoms with Crippen LogP contribution in [0.1, 0.15) is 30.5 Å². The minimum Gasteiger partial charge on any atom is -0.338 e. The van der Waals surface area contributed by atoms with Crippen LogP contribution >= 0.6 is 0 Å². The Morgan fingerprint density at radius 2 is 2.00 bits per heavy atom. The minimum absolute atomic E-state index is 0.0970. The highest BCUT2D eigenvalue weighted by molar-refractivity contribution is 5.83. The Morgan fingerprint density at radius 1 is 1.12 bits per heavy atom. The van der Waals surface area contributed by atoms with Crippen LogP contribution in [0.15, 0.2) is 67.5 Å². The Hall–Kier alpha value is -2.89. The van der Waals surface area contributed by atoms with Gasteiger partial charge < -0.3 is 9.47 Å². The van der Waals surface area contributed by atoms with Gasteiger partial charge in [0.2, 0.25) is 0 Å². The zero-order valence-corrected chi connectivity index (χ0v) is 14.0. The van der Waals surface area contributed by atoms with Gasteiger partial charge in [0.1, 0.15) is 0 Å². The first-order valence-electron chi connectivity index (χ1n) is 8.63. The topological polar surface area (TPSA) is 56.0 Å². The van der Waals surface area contributed by atoms with Crippen molar-refractivity contribution in [3.63, 3.8) is 0 Å². The second-order valence-corrected chi connectivity index (χ2v) is 6.39. The van der Waals surface area contributed by atoms with Gasteiger partial charge in [0.05, 0.1) is 12.4 Å². The van der Waals surface area contributed by atoms with Crippen LogP contribution in [-0.2, 0) is 4.79 Å². The molecule has 1 fully saturated rings. The lowest BCUT2D eigenvalue weighted by molar-refractivity contribution is -0.135. The average Bonchev–Trinajstić information content (AvgIpc) is 3.37. The fraction of sp³-hybridized carbons (Fsp3) is 0.316. The van der Waals surface area contributed by atoms with Gasteiger partial charge in [0.25, 0.3) is 5.91 Å². The summed E-state index contributed by atoms with van der Waals surface area (Å²) in [5, 5.41) is 4.33. The number of hydrogen-bond acceptors (Lipinski definition) is 3. The number of piperidine rings is 1. The van der Waals surface area contributed by atoms with E-state index in [-0.39, 0.29) is 11.9 Å². The second-order valence-electron chi connectivity index (χ2n) is 6.39. The maximum atomic E-state index is 13.4. The van der Waals surface area contributed by atoms with Crippen molar-refractivity contribution in [2.45, 2.75) is 24.9 Å². The Bertz CT molecular complexity index is 798. The summed E-state index contributed by atoms with van der Waals surface area (Å²) < 4.78 is 3.85. The van der Waals surface area contributed by atoms with Gasteiger partial charge in [-0.25, -0.2) is 4.98 Å². The number of nitrogens with zero attached hydrogens (tertiary/aromatic N) is 5. The summed E-state index contributed by atoms with van der Waals surface area (Å²) in [4.78, 5) is 19.5. The van der Waals surface area contributed by atoms with Crippen LogP contribution in [0.5, 0.6) is 0 Å². The zero-order valence-electron chi connectivity index (χ0n) is 14.0. The summed E-state index contributed by atoms with van der Waals surface area (Å²) in [5.74, 6) is 0.0970. The first-order chi connectivity index (χ1) is 12.3. The smallest absolute Gasteiger partial charge is 0.252 e. The highest BCUT2D eigenvalue weighted by Gasteiger charge is 2.31. The Balaban J connectivity index is 1.60. The molecule has 4 rings (SSSR count). The molecule has 0 bridgehead atoms. The van der Waals surface area contributed by atoms with E-state index in [1.807, 2.05) is 60.0 Å². The number of benzene rings is 1. The molecular formula is C19H21N5O. The summed E-state index contributed by atoms with van der Waals surface area (Å²) >= 11 is 0. The van der Waals surface area contributed by atoms with Gasteiger partial charge in [0, 0.05) is 37.9 Å². The molecule has 1 aromatic carbocycles. The van der Waals surface area contributed by atoms with E-state index in [4.69, 9.17) is 0 Å². The Labute approximate surface area is 146 Å². The van der Waals surface area contributed by atoms with Crippen LogP contribution in [0.25, 0.3) is 0 Å². The van der Waals surface area contributed by atoms with E-state index in [2.05, 4.69) is 14.6 Å². The van der Waals surface area contributed by atoms with E-state index in [1.165, 1.54) is 0 Å². The molecule has 0 unspecified atom stereocenters. The predicted molar refractivity (Wildman–Crippen MR) is 93.9 cm³/mol. The molecule has 0 N–H and O–H groups in total. The lowest BCUT2D eigenvalue weighted by Gasteiger charge is -2.35. The maximum absolute atomic E-state index is 13.4. The first kappa shape index (κ1) is 15.6. The van der Waals surface area contributed by atoms with Crippen LogP contribution in [0.2, 0.25) is 0 Å². The molecule has 1 aliphatic heterocycles. The van der Waals surface area contributed by atoms with E-state index in [1.54, 1.807) is 17.1 Å². The molecule has 0 saturated carbocycles. The number of rotatable bonds is 4. The van der Waals surface area contributed by atoms with E-state index < -0.39 is 6.04 Å². The quantitative estimate of drug-likeness (QED) is 0.736. The van der Waals surface area contributed by atoms with Gasteiger partial charge in [0.15, 0.2) is 6.04 Å². The monoisotopic (exact) mass is 335 g/mol. The molecule has 1 aliphatic rings. The van der Waals surface area contributed by atoms with Crippen molar-refractivity contribution in [3.8, 4) is 0 Å². The molecule has 1 saturated heterocycles. The van der Waals surface area contributed by atoms with E-state index in [0.29, 0.717) is 6.54 Å². The fourth-order valence-electron chi connectivity index (χ4n) is 3.53. The summed E-state index contributed by atoms with van der Waals surface area (Å²) in [7, 11) is 0.